The summed E-state index contributed by atoms with van der Waals surface area (Å²) in [5.74, 6) is 0. The molecule has 304 valence electrons. The summed E-state index contributed by atoms with van der Waals surface area (Å²) in [6.07, 6.45) is 3.03. The zero-order chi connectivity index (χ0) is 42.5. The molecule has 6 heteroatoms. The number of hydrogen-bond acceptors (Lipinski definition) is 4. The van der Waals surface area contributed by atoms with E-state index in [1.165, 1.54) is 16.7 Å². The number of hydrogen-bond donors (Lipinski definition) is 2. The molecule has 9 aromatic rings. The highest BCUT2D eigenvalue weighted by atomic mass is 16.1. The van der Waals surface area contributed by atoms with Gasteiger partial charge in [-0.15, -0.1) is 0 Å². The van der Waals surface area contributed by atoms with Crippen molar-refractivity contribution >= 4 is 21.8 Å². The van der Waals surface area contributed by atoms with Crippen molar-refractivity contribution in [1.29, 1.82) is 0 Å². The topological polar surface area (TPSA) is 91.5 Å². The van der Waals surface area contributed by atoms with Crippen LogP contribution in [0.1, 0.15) is 66.7 Å². The molecule has 2 N–H and O–H groups in total. The standard InChI is InChI=1S/C29H24N2O.C24H22N2O.C2H6/c32-28-17-9-16-26(31-28)29(20-22-10-3-1-4-11-22,21-23-12-5-2-6-13-23)27-19-18-24-14-7-8-15-25(24)30-27;1-2-24(17-18-9-4-3-5-10-18,21-13-8-14-23(27)26-21)22-16-15-19-11-6-7-12-20(19)25-22;1-2/h1-19H,20-21H2,(H,31,32);3-16H,2,17H2,1H3,(H,26,27);1-2H3. The molecule has 1 unspecified atom stereocenters. The lowest BCUT2D eigenvalue weighted by molar-refractivity contribution is 0.464. The summed E-state index contributed by atoms with van der Waals surface area (Å²) in [7, 11) is 0. The third-order valence-electron chi connectivity index (χ3n) is 11.4. The Morgan fingerprint density at radius 2 is 0.754 bits per heavy atom. The predicted octanol–water partition coefficient (Wildman–Crippen LogP) is 11.6. The van der Waals surface area contributed by atoms with Gasteiger partial charge in [0.1, 0.15) is 0 Å². The molecule has 0 aliphatic heterocycles. The predicted molar refractivity (Wildman–Crippen MR) is 251 cm³/mol. The van der Waals surface area contributed by atoms with Gasteiger partial charge >= 0.3 is 0 Å². The molecule has 0 saturated carbocycles. The number of rotatable bonds is 11. The number of fused-ring (bicyclic) bond motifs is 2. The van der Waals surface area contributed by atoms with Crippen molar-refractivity contribution < 1.29 is 0 Å². The lowest BCUT2D eigenvalue weighted by Crippen LogP contribution is -2.36. The van der Waals surface area contributed by atoms with Crippen LogP contribution in [0.2, 0.25) is 0 Å². The second-order valence-electron chi connectivity index (χ2n) is 15.1. The minimum Gasteiger partial charge on any atom is -0.325 e. The van der Waals surface area contributed by atoms with Gasteiger partial charge in [-0.1, -0.05) is 172 Å². The molecule has 0 radical (unpaired) electrons. The van der Waals surface area contributed by atoms with Crippen LogP contribution in [0.15, 0.2) is 210 Å². The third kappa shape index (κ3) is 9.66. The minimum absolute atomic E-state index is 0.0841. The van der Waals surface area contributed by atoms with Crippen LogP contribution in [0.3, 0.4) is 0 Å². The van der Waals surface area contributed by atoms with Crippen LogP contribution in [-0.4, -0.2) is 19.9 Å². The van der Waals surface area contributed by atoms with Crippen LogP contribution >= 0.6 is 0 Å². The zero-order valence-corrected chi connectivity index (χ0v) is 35.1. The minimum atomic E-state index is -0.535. The smallest absolute Gasteiger partial charge is 0.248 e. The average Bonchev–Trinajstić information content (AvgIpc) is 3.32. The second kappa shape index (κ2) is 19.7. The molecule has 0 spiro atoms. The van der Waals surface area contributed by atoms with E-state index in [0.29, 0.717) is 12.8 Å². The number of para-hydroxylation sites is 2. The second-order valence-corrected chi connectivity index (χ2v) is 15.1. The highest BCUT2D eigenvalue weighted by Gasteiger charge is 2.38. The molecule has 0 aliphatic rings. The number of pyridine rings is 4. The van der Waals surface area contributed by atoms with E-state index in [9.17, 15) is 9.59 Å². The van der Waals surface area contributed by atoms with Gasteiger partial charge in [0.2, 0.25) is 11.1 Å². The largest absolute Gasteiger partial charge is 0.325 e. The maximum atomic E-state index is 12.4. The number of nitrogens with one attached hydrogen (secondary N) is 2. The first-order valence-corrected chi connectivity index (χ1v) is 21.2. The van der Waals surface area contributed by atoms with E-state index in [0.717, 1.165) is 57.4 Å². The third-order valence-corrected chi connectivity index (χ3v) is 11.4. The van der Waals surface area contributed by atoms with Crippen molar-refractivity contribution in [2.24, 2.45) is 0 Å². The quantitative estimate of drug-likeness (QED) is 0.136. The maximum Gasteiger partial charge on any atom is 0.248 e. The van der Waals surface area contributed by atoms with Gasteiger partial charge in [0.05, 0.1) is 33.3 Å². The summed E-state index contributed by atoms with van der Waals surface area (Å²) in [5, 5.41) is 2.22. The summed E-state index contributed by atoms with van der Waals surface area (Å²) < 4.78 is 0. The van der Waals surface area contributed by atoms with Gasteiger partial charge in [-0.25, -0.2) is 0 Å². The van der Waals surface area contributed by atoms with E-state index in [-0.39, 0.29) is 11.1 Å². The van der Waals surface area contributed by atoms with Gasteiger partial charge in [0.25, 0.3) is 0 Å². The molecule has 5 aromatic carbocycles. The SMILES string of the molecule is CC.CCC(Cc1ccccc1)(c1ccc2ccccc2n1)c1cccc(=O)[nH]1.O=c1cccc(C(Cc2ccccc2)(Cc2ccccc2)c2ccc3ccccc3n2)[nH]1. The Morgan fingerprint density at radius 3 is 1.16 bits per heavy atom. The molecule has 9 rings (SSSR count). The van der Waals surface area contributed by atoms with Crippen LogP contribution < -0.4 is 11.1 Å². The van der Waals surface area contributed by atoms with Gasteiger partial charge in [-0.3, -0.25) is 19.6 Å². The number of nitrogens with zero attached hydrogens (tertiary/aromatic N) is 2. The number of H-pyrrole nitrogens is 2. The maximum absolute atomic E-state index is 12.4. The first-order chi connectivity index (χ1) is 29.9. The number of aromatic nitrogens is 4. The van der Waals surface area contributed by atoms with E-state index in [1.54, 1.807) is 12.1 Å². The zero-order valence-electron chi connectivity index (χ0n) is 35.1. The molecule has 4 heterocycles. The first kappa shape index (κ1) is 42.0. The molecule has 0 aliphatic carbocycles. The molecule has 0 bridgehead atoms. The highest BCUT2D eigenvalue weighted by molar-refractivity contribution is 5.79. The summed E-state index contributed by atoms with van der Waals surface area (Å²) in [5.41, 5.74) is 8.13. The lowest BCUT2D eigenvalue weighted by Gasteiger charge is -2.34. The van der Waals surface area contributed by atoms with Crippen LogP contribution in [-0.2, 0) is 30.1 Å². The highest BCUT2D eigenvalue weighted by Crippen LogP contribution is 2.39. The van der Waals surface area contributed by atoms with Crippen molar-refractivity contribution in [3.8, 4) is 0 Å². The molecular weight excluding hydrogens is 749 g/mol. The average molecular weight is 801 g/mol. The number of aromatic amines is 2. The van der Waals surface area contributed by atoms with Gasteiger partial charge in [-0.05, 0) is 78.8 Å². The van der Waals surface area contributed by atoms with Gasteiger partial charge in [0, 0.05) is 34.3 Å². The fraction of sp³-hybridized carbons (Fsp3) is 0.164. The van der Waals surface area contributed by atoms with E-state index in [2.05, 4.69) is 126 Å². The number of benzene rings is 5. The van der Waals surface area contributed by atoms with Crippen molar-refractivity contribution in [1.82, 2.24) is 19.9 Å². The van der Waals surface area contributed by atoms with Crippen molar-refractivity contribution in [2.75, 3.05) is 0 Å². The molecular formula is C55H52N4O2. The summed E-state index contributed by atoms with van der Waals surface area (Å²) >= 11 is 0. The molecule has 6 nitrogen and oxygen atoms in total. The Morgan fingerprint density at radius 1 is 0.393 bits per heavy atom. The van der Waals surface area contributed by atoms with E-state index in [1.807, 2.05) is 92.7 Å². The van der Waals surface area contributed by atoms with Gasteiger partial charge in [-0.2, -0.15) is 0 Å². The van der Waals surface area contributed by atoms with E-state index >= 15 is 0 Å². The molecule has 61 heavy (non-hydrogen) atoms. The fourth-order valence-corrected chi connectivity index (χ4v) is 8.34. The van der Waals surface area contributed by atoms with E-state index in [4.69, 9.17) is 9.97 Å². The first-order valence-electron chi connectivity index (χ1n) is 21.2. The van der Waals surface area contributed by atoms with Crippen molar-refractivity contribution in [2.45, 2.75) is 57.3 Å². The molecule has 0 fully saturated rings. The Balaban J connectivity index is 0.000000179. The van der Waals surface area contributed by atoms with Crippen LogP contribution in [0.5, 0.6) is 0 Å². The van der Waals surface area contributed by atoms with Gasteiger partial charge < -0.3 is 9.97 Å². The van der Waals surface area contributed by atoms with Crippen LogP contribution in [0.25, 0.3) is 21.8 Å². The molecule has 4 aromatic heterocycles. The monoisotopic (exact) mass is 800 g/mol. The van der Waals surface area contributed by atoms with E-state index < -0.39 is 10.8 Å². The lowest BCUT2D eigenvalue weighted by atomic mass is 9.71. The summed E-state index contributed by atoms with van der Waals surface area (Å²) in [6.45, 7) is 6.16. The Hall–Kier alpha value is -7.18. The van der Waals surface area contributed by atoms with Crippen LogP contribution in [0, 0.1) is 0 Å². The van der Waals surface area contributed by atoms with Crippen LogP contribution in [0.4, 0.5) is 0 Å². The van der Waals surface area contributed by atoms with Gasteiger partial charge in [0.15, 0.2) is 0 Å². The Kier molecular flexibility index (Phi) is 13.6. The summed E-state index contributed by atoms with van der Waals surface area (Å²) in [6, 6.07) is 66.8. The van der Waals surface area contributed by atoms with Crippen molar-refractivity contribution in [3.63, 3.8) is 0 Å². The molecule has 1 atom stereocenters. The fourth-order valence-electron chi connectivity index (χ4n) is 8.34. The normalized spacial score (nSPS) is 12.0. The molecule has 0 amide bonds. The Bertz CT molecular complexity index is 2870. The summed E-state index contributed by atoms with van der Waals surface area (Å²) in [4.78, 5) is 40.8. The Labute approximate surface area is 358 Å². The molecule has 0 saturated heterocycles. The van der Waals surface area contributed by atoms with Crippen molar-refractivity contribution in [3.05, 3.63) is 260 Å².